The van der Waals surface area contributed by atoms with Gasteiger partial charge in [0.05, 0.1) is 31.0 Å². The Bertz CT molecular complexity index is 1590. The predicted molar refractivity (Wildman–Crippen MR) is 218 cm³/mol. The van der Waals surface area contributed by atoms with E-state index in [4.69, 9.17) is 23.7 Å². The van der Waals surface area contributed by atoms with Gasteiger partial charge in [-0.25, -0.2) is 0 Å². The quantitative estimate of drug-likeness (QED) is 0.154. The fourth-order valence-electron chi connectivity index (χ4n) is 15.2. The van der Waals surface area contributed by atoms with Crippen molar-refractivity contribution in [1.29, 1.82) is 0 Å². The highest BCUT2D eigenvalue weighted by Crippen LogP contribution is 2.70. The number of piperidine rings is 1. The van der Waals surface area contributed by atoms with E-state index in [1.807, 2.05) is 0 Å². The van der Waals surface area contributed by atoms with E-state index < -0.39 is 105 Å². The third-order valence-corrected chi connectivity index (χ3v) is 18.6. The molecule has 9 N–H and O–H groups in total. The van der Waals surface area contributed by atoms with Crippen LogP contribution in [0.3, 0.4) is 0 Å². The molecule has 26 atom stereocenters. The molecule has 348 valence electrons. The van der Waals surface area contributed by atoms with Gasteiger partial charge in [0, 0.05) is 31.2 Å². The van der Waals surface area contributed by atoms with Gasteiger partial charge in [-0.1, -0.05) is 39.3 Å². The van der Waals surface area contributed by atoms with Crippen molar-refractivity contribution in [1.82, 2.24) is 4.90 Å². The lowest BCUT2D eigenvalue weighted by Gasteiger charge is -2.58. The molecule has 11 unspecified atom stereocenters. The Kier molecular flexibility index (Phi) is 12.7. The zero-order chi connectivity index (χ0) is 43.4. The van der Waals surface area contributed by atoms with Crippen LogP contribution >= 0.6 is 0 Å². The lowest BCUT2D eigenvalue weighted by atomic mass is 9.47. The summed E-state index contributed by atoms with van der Waals surface area (Å²) in [4.78, 5) is 2.95. The molecule has 15 heteroatoms. The maximum atomic E-state index is 11.6. The number of ether oxygens (including phenoxy) is 5. The van der Waals surface area contributed by atoms with Crippen LogP contribution < -0.4 is 0 Å². The lowest BCUT2D eigenvalue weighted by Crippen LogP contribution is -2.66. The van der Waals surface area contributed by atoms with Gasteiger partial charge in [-0.15, -0.1) is 0 Å². The zero-order valence-corrected chi connectivity index (χ0v) is 36.6. The molecule has 8 fully saturated rings. The average molecular weight is 866 g/mol. The molecule has 9 aliphatic rings. The molecule has 4 saturated heterocycles. The molecule has 0 aromatic carbocycles. The first-order valence-corrected chi connectivity index (χ1v) is 23.7. The summed E-state index contributed by atoms with van der Waals surface area (Å²) in [5.41, 5.74) is 1.77. The average Bonchev–Trinajstić information content (AvgIpc) is 3.71. The molecule has 4 saturated carbocycles. The van der Waals surface area contributed by atoms with Crippen LogP contribution in [0.1, 0.15) is 98.8 Å². The molecule has 9 rings (SSSR count). The van der Waals surface area contributed by atoms with Crippen molar-refractivity contribution in [3.05, 3.63) is 11.6 Å². The summed E-state index contributed by atoms with van der Waals surface area (Å²) in [5.74, 6) is 3.36. The predicted octanol–water partition coefficient (Wildman–Crippen LogP) is 0.819. The molecular formula is C46H75NO14. The number of aliphatic hydroxyl groups is 9. The summed E-state index contributed by atoms with van der Waals surface area (Å²) in [6.45, 7) is 11.7. The number of allylic oxidation sites excluding steroid dienone is 1. The second-order valence-electron chi connectivity index (χ2n) is 21.7. The van der Waals surface area contributed by atoms with Crippen LogP contribution in [0.2, 0.25) is 0 Å². The van der Waals surface area contributed by atoms with Crippen molar-refractivity contribution in [3.63, 3.8) is 0 Å². The monoisotopic (exact) mass is 866 g/mol. The van der Waals surface area contributed by atoms with Crippen LogP contribution in [0.25, 0.3) is 0 Å². The first-order chi connectivity index (χ1) is 29.0. The molecule has 0 bridgehead atoms. The minimum atomic E-state index is -1.71. The molecule has 4 aliphatic heterocycles. The molecule has 0 aromatic heterocycles. The Labute approximate surface area is 360 Å². The maximum absolute atomic E-state index is 11.6. The van der Waals surface area contributed by atoms with Gasteiger partial charge < -0.3 is 69.6 Å². The number of aliphatic hydroxyl groups excluding tert-OH is 9. The van der Waals surface area contributed by atoms with Crippen molar-refractivity contribution in [3.8, 4) is 0 Å². The standard InChI is InChI=1S/C46H75NO14/c1-20-6-9-29-21(2)33-30(47(29)17-20)16-28-26-8-7-24-15-25(10-12-45(24,4)27(26)11-13-46(28,33)5)58-44-42(61-43-40(56)38(54)34(50)22(3)57-43)41(37(53)32(19-49)60-44)59-31-14-23(18-48)35(51)39(55)36(31)52/h7,20-23,25-44,48-56H,6,8-19H2,1-5H3/t20-,21+,22-,23+,25?,26?,27?,28?,29?,30?,31+,32+,33?,34-,35+,36-,37-,38+,39-,40+,41-,42+,43?,44?,45?,46?/m0/s1. The van der Waals surface area contributed by atoms with E-state index in [2.05, 4.69) is 38.7 Å². The van der Waals surface area contributed by atoms with Crippen molar-refractivity contribution >= 4 is 0 Å². The summed E-state index contributed by atoms with van der Waals surface area (Å²) >= 11 is 0. The minimum absolute atomic E-state index is 0.0212. The minimum Gasteiger partial charge on any atom is -0.396 e. The number of fused-ring (bicyclic) bond motifs is 9. The number of hydrogen-bond acceptors (Lipinski definition) is 15. The summed E-state index contributed by atoms with van der Waals surface area (Å²) in [6, 6.07) is 1.44. The SMILES string of the molecule is C[C@H]1CCC2[C@@H](C)C3C(CC4C5CC=C6CC(OC7O[C@H](CO)[C@H](O)[C@H](O[C@@H]8C[C@H](CO)[C@@H](O)[C@H](O)[C@H]8O)[C@H]7OC7O[C@@H](C)[C@H](O)[C@@H](O)[C@H]7O)CCC6(C)C5CCC43C)N2C1. The largest absolute Gasteiger partial charge is 0.396 e. The molecule has 4 heterocycles. The fraction of sp³-hybridized carbons (Fsp3) is 0.957. The molecule has 0 amide bonds. The Morgan fingerprint density at radius 1 is 0.705 bits per heavy atom. The first-order valence-electron chi connectivity index (χ1n) is 23.7. The van der Waals surface area contributed by atoms with E-state index >= 15 is 0 Å². The van der Waals surface area contributed by atoms with Gasteiger partial charge in [-0.05, 0) is 117 Å². The molecule has 0 radical (unpaired) electrons. The molecule has 15 nitrogen and oxygen atoms in total. The van der Waals surface area contributed by atoms with Crippen molar-refractivity contribution in [2.24, 2.45) is 52.3 Å². The van der Waals surface area contributed by atoms with Gasteiger partial charge >= 0.3 is 0 Å². The number of nitrogens with zero attached hydrogens (tertiary/aromatic N) is 1. The summed E-state index contributed by atoms with van der Waals surface area (Å²) < 4.78 is 31.6. The Morgan fingerprint density at radius 3 is 2.20 bits per heavy atom. The van der Waals surface area contributed by atoms with Gasteiger partial charge in [0.2, 0.25) is 0 Å². The second-order valence-corrected chi connectivity index (χ2v) is 21.7. The van der Waals surface area contributed by atoms with Crippen molar-refractivity contribution in [2.45, 2.75) is 203 Å². The highest BCUT2D eigenvalue weighted by atomic mass is 16.8. The Morgan fingerprint density at radius 2 is 1.46 bits per heavy atom. The van der Waals surface area contributed by atoms with Crippen molar-refractivity contribution in [2.75, 3.05) is 19.8 Å². The van der Waals surface area contributed by atoms with E-state index in [0.717, 1.165) is 36.6 Å². The maximum Gasteiger partial charge on any atom is 0.187 e. The van der Waals surface area contributed by atoms with E-state index in [0.29, 0.717) is 42.1 Å². The molecule has 5 aliphatic carbocycles. The summed E-state index contributed by atoms with van der Waals surface area (Å²) in [5, 5.41) is 96.4. The highest BCUT2D eigenvalue weighted by Gasteiger charge is 2.66. The van der Waals surface area contributed by atoms with E-state index in [1.165, 1.54) is 51.1 Å². The van der Waals surface area contributed by atoms with Crippen LogP contribution in [0, 0.1) is 52.3 Å². The molecular weight excluding hydrogens is 790 g/mol. The Balaban J connectivity index is 0.952. The summed E-state index contributed by atoms with van der Waals surface area (Å²) in [6.07, 6.45) is -8.07. The Hall–Kier alpha value is -0.860. The third-order valence-electron chi connectivity index (χ3n) is 18.6. The van der Waals surface area contributed by atoms with Gasteiger partial charge in [-0.3, -0.25) is 4.90 Å². The molecule has 0 aromatic rings. The van der Waals surface area contributed by atoms with E-state index in [9.17, 15) is 46.0 Å². The van der Waals surface area contributed by atoms with Gasteiger partial charge in [0.25, 0.3) is 0 Å². The van der Waals surface area contributed by atoms with Crippen LogP contribution in [-0.4, -0.2) is 175 Å². The molecule has 61 heavy (non-hydrogen) atoms. The van der Waals surface area contributed by atoms with Crippen LogP contribution in [0.4, 0.5) is 0 Å². The fourth-order valence-corrected chi connectivity index (χ4v) is 15.2. The van der Waals surface area contributed by atoms with Gasteiger partial charge in [0.15, 0.2) is 12.6 Å². The van der Waals surface area contributed by atoms with Crippen LogP contribution in [0.15, 0.2) is 11.6 Å². The summed E-state index contributed by atoms with van der Waals surface area (Å²) in [7, 11) is 0. The smallest absolute Gasteiger partial charge is 0.187 e. The molecule has 0 spiro atoms. The topological polar surface area (TPSA) is 231 Å². The first kappa shape index (κ1) is 45.3. The normalized spacial score (nSPS) is 57.3. The van der Waals surface area contributed by atoms with E-state index in [1.54, 1.807) is 0 Å². The zero-order valence-electron chi connectivity index (χ0n) is 36.6. The van der Waals surface area contributed by atoms with Crippen LogP contribution in [-0.2, 0) is 23.7 Å². The third kappa shape index (κ3) is 7.44. The van der Waals surface area contributed by atoms with Crippen LogP contribution in [0.5, 0.6) is 0 Å². The second kappa shape index (κ2) is 17.1. The highest BCUT2D eigenvalue weighted by molar-refractivity contribution is 5.27. The lowest BCUT2D eigenvalue weighted by molar-refractivity contribution is -0.378. The van der Waals surface area contributed by atoms with Crippen molar-refractivity contribution < 1.29 is 69.6 Å². The van der Waals surface area contributed by atoms with E-state index in [-0.39, 0.29) is 17.9 Å². The van der Waals surface area contributed by atoms with Gasteiger partial charge in [0.1, 0.15) is 54.9 Å². The number of rotatable bonds is 8. The number of hydrogen-bond donors (Lipinski definition) is 9. The van der Waals surface area contributed by atoms with Gasteiger partial charge in [-0.2, -0.15) is 0 Å².